The maximum absolute atomic E-state index is 6.06. The van der Waals surface area contributed by atoms with E-state index in [9.17, 15) is 0 Å². The highest BCUT2D eigenvalue weighted by Crippen LogP contribution is 2.38. The number of nitrogens with one attached hydrogen (secondary N) is 1. The second-order valence-electron chi connectivity index (χ2n) is 6.17. The van der Waals surface area contributed by atoms with Gasteiger partial charge in [-0.25, -0.2) is 9.97 Å². The highest BCUT2D eigenvalue weighted by Gasteiger charge is 2.34. The van der Waals surface area contributed by atoms with Crippen LogP contribution in [-0.2, 0) is 0 Å². The fourth-order valence-corrected chi connectivity index (χ4v) is 2.73. The first-order valence-electron chi connectivity index (χ1n) is 6.69. The van der Waals surface area contributed by atoms with E-state index >= 15 is 0 Å². The Morgan fingerprint density at radius 3 is 2.67 bits per heavy atom. The van der Waals surface area contributed by atoms with E-state index in [1.54, 1.807) is 0 Å². The minimum atomic E-state index is 0.292. The number of hydrogen-bond donors (Lipinski definition) is 1. The Hall–Kier alpha value is -0.830. The first kappa shape index (κ1) is 13.6. The fourth-order valence-electron chi connectivity index (χ4n) is 2.54. The molecule has 1 aliphatic rings. The summed E-state index contributed by atoms with van der Waals surface area (Å²) in [5.74, 6) is 1.96. The summed E-state index contributed by atoms with van der Waals surface area (Å²) in [5, 5.41) is 4.05. The van der Waals surface area contributed by atoms with Crippen LogP contribution in [0, 0.1) is 5.41 Å². The van der Waals surface area contributed by atoms with Gasteiger partial charge in [0.15, 0.2) is 0 Å². The van der Waals surface area contributed by atoms with Crippen LogP contribution in [0.25, 0.3) is 0 Å². The zero-order valence-corrected chi connectivity index (χ0v) is 12.4. The van der Waals surface area contributed by atoms with Crippen molar-refractivity contribution in [1.82, 2.24) is 9.97 Å². The standard InChI is InChI=1S/C14H22ClN3/c1-9(2)13-17-11(15)8-12(18-13)16-10-6-5-7-14(10,3)4/h8-10H,5-7H2,1-4H3,(H,16,17,18). The Morgan fingerprint density at radius 1 is 1.39 bits per heavy atom. The van der Waals surface area contributed by atoms with Gasteiger partial charge in [-0.2, -0.15) is 0 Å². The molecule has 1 heterocycles. The fraction of sp³-hybridized carbons (Fsp3) is 0.714. The molecule has 100 valence electrons. The smallest absolute Gasteiger partial charge is 0.135 e. The minimum absolute atomic E-state index is 0.292. The zero-order valence-electron chi connectivity index (χ0n) is 11.6. The van der Waals surface area contributed by atoms with Crippen molar-refractivity contribution in [2.24, 2.45) is 5.41 Å². The lowest BCUT2D eigenvalue weighted by Crippen LogP contribution is -2.31. The van der Waals surface area contributed by atoms with E-state index in [-0.39, 0.29) is 0 Å². The van der Waals surface area contributed by atoms with Crippen LogP contribution < -0.4 is 5.32 Å². The quantitative estimate of drug-likeness (QED) is 0.832. The summed E-state index contributed by atoms with van der Waals surface area (Å²) in [6.07, 6.45) is 3.74. The molecule has 0 saturated heterocycles. The first-order valence-corrected chi connectivity index (χ1v) is 7.07. The van der Waals surface area contributed by atoms with Crippen molar-refractivity contribution in [2.75, 3.05) is 5.32 Å². The Kier molecular flexibility index (Phi) is 3.81. The molecule has 1 saturated carbocycles. The van der Waals surface area contributed by atoms with Gasteiger partial charge in [-0.1, -0.05) is 45.7 Å². The van der Waals surface area contributed by atoms with Crippen molar-refractivity contribution in [3.05, 3.63) is 17.0 Å². The van der Waals surface area contributed by atoms with E-state index in [1.165, 1.54) is 19.3 Å². The zero-order chi connectivity index (χ0) is 13.3. The molecule has 0 bridgehead atoms. The molecule has 1 fully saturated rings. The van der Waals surface area contributed by atoms with E-state index in [2.05, 4.69) is 43.0 Å². The van der Waals surface area contributed by atoms with Gasteiger partial charge in [0, 0.05) is 18.0 Å². The monoisotopic (exact) mass is 267 g/mol. The summed E-state index contributed by atoms with van der Waals surface area (Å²) in [7, 11) is 0. The molecule has 0 amide bonds. The molecule has 1 atom stereocenters. The molecule has 1 aromatic rings. The SMILES string of the molecule is CC(C)c1nc(Cl)cc(NC2CCCC2(C)C)n1. The van der Waals surface area contributed by atoms with Crippen molar-refractivity contribution in [1.29, 1.82) is 0 Å². The third kappa shape index (κ3) is 2.94. The van der Waals surface area contributed by atoms with Gasteiger partial charge in [0.05, 0.1) is 0 Å². The summed E-state index contributed by atoms with van der Waals surface area (Å²) in [6, 6.07) is 2.30. The summed E-state index contributed by atoms with van der Waals surface area (Å²) in [6.45, 7) is 8.78. The van der Waals surface area contributed by atoms with Crippen molar-refractivity contribution in [3.63, 3.8) is 0 Å². The Morgan fingerprint density at radius 2 is 2.11 bits per heavy atom. The van der Waals surface area contributed by atoms with Gasteiger partial charge in [0.25, 0.3) is 0 Å². The van der Waals surface area contributed by atoms with E-state index in [1.807, 2.05) is 6.07 Å². The van der Waals surface area contributed by atoms with Gasteiger partial charge in [0.1, 0.15) is 16.8 Å². The average Bonchev–Trinajstić information content (AvgIpc) is 2.57. The molecule has 1 N–H and O–H groups in total. The summed E-state index contributed by atoms with van der Waals surface area (Å²) in [4.78, 5) is 8.81. The predicted molar refractivity (Wildman–Crippen MR) is 76.2 cm³/mol. The summed E-state index contributed by atoms with van der Waals surface area (Å²) >= 11 is 6.06. The second-order valence-corrected chi connectivity index (χ2v) is 6.55. The maximum Gasteiger partial charge on any atom is 0.135 e. The van der Waals surface area contributed by atoms with Crippen LogP contribution in [0.4, 0.5) is 5.82 Å². The third-order valence-corrected chi connectivity index (χ3v) is 4.00. The lowest BCUT2D eigenvalue weighted by atomic mass is 9.87. The largest absolute Gasteiger partial charge is 0.367 e. The predicted octanol–water partition coefficient (Wildman–Crippen LogP) is 4.24. The molecule has 1 aliphatic carbocycles. The van der Waals surface area contributed by atoms with Crippen LogP contribution in [-0.4, -0.2) is 16.0 Å². The van der Waals surface area contributed by atoms with Crippen molar-refractivity contribution < 1.29 is 0 Å². The normalized spacial score (nSPS) is 22.4. The molecule has 4 heteroatoms. The molecule has 0 aromatic carbocycles. The van der Waals surface area contributed by atoms with Crippen LogP contribution in [0.15, 0.2) is 6.07 Å². The van der Waals surface area contributed by atoms with Crippen LogP contribution in [0.3, 0.4) is 0 Å². The highest BCUT2D eigenvalue weighted by atomic mass is 35.5. The number of hydrogen-bond acceptors (Lipinski definition) is 3. The van der Waals surface area contributed by atoms with Crippen LogP contribution in [0.2, 0.25) is 5.15 Å². The van der Waals surface area contributed by atoms with Gasteiger partial charge in [-0.05, 0) is 18.3 Å². The van der Waals surface area contributed by atoms with E-state index in [0.29, 0.717) is 22.5 Å². The van der Waals surface area contributed by atoms with Gasteiger partial charge >= 0.3 is 0 Å². The van der Waals surface area contributed by atoms with E-state index < -0.39 is 0 Å². The Bertz CT molecular complexity index is 429. The number of anilines is 1. The van der Waals surface area contributed by atoms with Gasteiger partial charge in [-0.15, -0.1) is 0 Å². The summed E-state index contributed by atoms with van der Waals surface area (Å²) in [5.41, 5.74) is 0.329. The highest BCUT2D eigenvalue weighted by molar-refractivity contribution is 6.29. The molecule has 0 spiro atoms. The van der Waals surface area contributed by atoms with Crippen molar-refractivity contribution in [2.45, 2.75) is 58.9 Å². The molecule has 0 radical (unpaired) electrons. The molecule has 1 aromatic heterocycles. The summed E-state index contributed by atoms with van der Waals surface area (Å²) < 4.78 is 0. The maximum atomic E-state index is 6.06. The molecular weight excluding hydrogens is 246 g/mol. The second kappa shape index (κ2) is 5.04. The van der Waals surface area contributed by atoms with Gasteiger partial charge in [0.2, 0.25) is 0 Å². The number of halogens is 1. The Labute approximate surface area is 114 Å². The molecule has 2 rings (SSSR count). The van der Waals surface area contributed by atoms with Gasteiger partial charge < -0.3 is 5.32 Å². The van der Waals surface area contributed by atoms with E-state index in [0.717, 1.165) is 11.6 Å². The molecular formula is C14H22ClN3. The number of rotatable bonds is 3. The number of nitrogens with zero attached hydrogens (tertiary/aromatic N) is 2. The van der Waals surface area contributed by atoms with Crippen LogP contribution >= 0.6 is 11.6 Å². The molecule has 0 aliphatic heterocycles. The lowest BCUT2D eigenvalue weighted by Gasteiger charge is -2.28. The molecule has 1 unspecified atom stereocenters. The minimum Gasteiger partial charge on any atom is -0.367 e. The molecule has 18 heavy (non-hydrogen) atoms. The first-order chi connectivity index (χ1) is 8.38. The Balaban J connectivity index is 2.19. The molecule has 3 nitrogen and oxygen atoms in total. The van der Waals surface area contributed by atoms with Crippen molar-refractivity contribution >= 4 is 17.4 Å². The van der Waals surface area contributed by atoms with Crippen molar-refractivity contribution in [3.8, 4) is 0 Å². The van der Waals surface area contributed by atoms with Crippen LogP contribution in [0.1, 0.15) is 58.7 Å². The topological polar surface area (TPSA) is 37.8 Å². The van der Waals surface area contributed by atoms with E-state index in [4.69, 9.17) is 11.6 Å². The van der Waals surface area contributed by atoms with Crippen LogP contribution in [0.5, 0.6) is 0 Å². The lowest BCUT2D eigenvalue weighted by molar-refractivity contribution is 0.349. The van der Waals surface area contributed by atoms with Gasteiger partial charge in [-0.3, -0.25) is 0 Å². The number of aromatic nitrogens is 2. The average molecular weight is 268 g/mol. The third-order valence-electron chi connectivity index (χ3n) is 3.81.